The molecule has 0 unspecified atom stereocenters. The standard InChI is InChI=1S/C25H19F6NO6S/c26-18-6-16(8-19(11-18)38-24(27)28)14-4-5-15-7-20(37-13-23(33)34)12-32(22(15)9-14)39(35,36)21-3-1-2-17(10-21)25(29,30)31/h1-6,8-11,20,24H,7,12-13H2,(H,33,34)/t20-/m1/s1. The van der Waals surface area contributed by atoms with Gasteiger partial charge in [0.15, 0.2) is 0 Å². The smallest absolute Gasteiger partial charge is 0.416 e. The largest absolute Gasteiger partial charge is 0.480 e. The molecule has 0 spiro atoms. The average molecular weight is 575 g/mol. The van der Waals surface area contributed by atoms with E-state index in [0.29, 0.717) is 17.7 Å². The summed E-state index contributed by atoms with van der Waals surface area (Å²) in [4.78, 5) is 10.3. The zero-order valence-electron chi connectivity index (χ0n) is 19.7. The molecule has 1 aliphatic heterocycles. The Balaban J connectivity index is 1.81. The number of nitrogens with zero attached hydrogens (tertiary/aromatic N) is 1. The lowest BCUT2D eigenvalue weighted by molar-refractivity contribution is -0.144. The van der Waals surface area contributed by atoms with Crippen LogP contribution in [0.25, 0.3) is 11.1 Å². The minimum absolute atomic E-state index is 0.0145. The first kappa shape index (κ1) is 28.2. The van der Waals surface area contributed by atoms with Crippen molar-refractivity contribution in [3.63, 3.8) is 0 Å². The molecule has 14 heteroatoms. The van der Waals surface area contributed by atoms with Crippen molar-refractivity contribution in [2.75, 3.05) is 17.5 Å². The van der Waals surface area contributed by atoms with Crippen molar-refractivity contribution >= 4 is 21.7 Å². The summed E-state index contributed by atoms with van der Waals surface area (Å²) >= 11 is 0. The van der Waals surface area contributed by atoms with E-state index in [1.54, 1.807) is 0 Å². The molecule has 0 bridgehead atoms. The van der Waals surface area contributed by atoms with E-state index < -0.39 is 70.1 Å². The van der Waals surface area contributed by atoms with E-state index in [9.17, 15) is 39.6 Å². The molecule has 1 aliphatic rings. The van der Waals surface area contributed by atoms with E-state index in [-0.39, 0.29) is 23.2 Å². The number of alkyl halides is 5. The lowest BCUT2D eigenvalue weighted by Crippen LogP contribution is -2.44. The van der Waals surface area contributed by atoms with Gasteiger partial charge in [0.05, 0.1) is 28.8 Å². The van der Waals surface area contributed by atoms with Crippen LogP contribution in [-0.2, 0) is 32.2 Å². The second kappa shape index (κ2) is 10.8. The number of aliphatic carboxylic acids is 1. The first-order valence-corrected chi connectivity index (χ1v) is 12.6. The van der Waals surface area contributed by atoms with E-state index in [1.807, 2.05) is 0 Å². The fourth-order valence-electron chi connectivity index (χ4n) is 4.13. The topological polar surface area (TPSA) is 93.1 Å². The molecule has 0 aliphatic carbocycles. The van der Waals surface area contributed by atoms with Crippen LogP contribution in [0.15, 0.2) is 65.6 Å². The van der Waals surface area contributed by atoms with Crippen molar-refractivity contribution < 1.29 is 54.1 Å². The Morgan fingerprint density at radius 1 is 1.05 bits per heavy atom. The second-order valence-corrected chi connectivity index (χ2v) is 10.4. The van der Waals surface area contributed by atoms with Gasteiger partial charge < -0.3 is 14.6 Å². The number of fused-ring (bicyclic) bond motifs is 1. The van der Waals surface area contributed by atoms with Crippen LogP contribution >= 0.6 is 0 Å². The predicted molar refractivity (Wildman–Crippen MR) is 126 cm³/mol. The monoisotopic (exact) mass is 575 g/mol. The van der Waals surface area contributed by atoms with Gasteiger partial charge in [0.25, 0.3) is 10.0 Å². The van der Waals surface area contributed by atoms with Gasteiger partial charge in [-0.2, -0.15) is 22.0 Å². The van der Waals surface area contributed by atoms with Gasteiger partial charge in [-0.05, 0) is 53.1 Å². The highest BCUT2D eigenvalue weighted by atomic mass is 32.2. The van der Waals surface area contributed by atoms with Gasteiger partial charge >= 0.3 is 18.8 Å². The van der Waals surface area contributed by atoms with E-state index in [0.717, 1.165) is 34.6 Å². The number of halogens is 6. The molecule has 39 heavy (non-hydrogen) atoms. The molecule has 4 rings (SSSR count). The molecular formula is C25H19F6NO6S. The Bertz CT molecular complexity index is 1490. The highest BCUT2D eigenvalue weighted by Crippen LogP contribution is 2.38. The van der Waals surface area contributed by atoms with Gasteiger partial charge in [0.1, 0.15) is 18.2 Å². The van der Waals surface area contributed by atoms with E-state index in [4.69, 9.17) is 9.84 Å². The lowest BCUT2D eigenvalue weighted by Gasteiger charge is -2.35. The molecule has 0 aromatic heterocycles. The molecule has 0 saturated carbocycles. The Kier molecular flexibility index (Phi) is 7.80. The molecule has 7 nitrogen and oxygen atoms in total. The molecule has 0 fully saturated rings. The first-order chi connectivity index (χ1) is 18.2. The SMILES string of the molecule is O=C(O)CO[C@@H]1Cc2ccc(-c3cc(F)cc(OC(F)F)c3)cc2N(S(=O)(=O)c2cccc(C(F)(F)F)c2)C1. The zero-order valence-corrected chi connectivity index (χ0v) is 20.5. The van der Waals surface area contributed by atoms with Gasteiger partial charge in [-0.15, -0.1) is 0 Å². The number of ether oxygens (including phenoxy) is 2. The maximum Gasteiger partial charge on any atom is 0.416 e. The van der Waals surface area contributed by atoms with E-state index >= 15 is 0 Å². The zero-order chi connectivity index (χ0) is 28.5. The maximum atomic E-state index is 14.1. The highest BCUT2D eigenvalue weighted by Gasteiger charge is 2.37. The van der Waals surface area contributed by atoms with Crippen LogP contribution in [0.1, 0.15) is 11.1 Å². The number of carbonyl (C=O) groups is 1. The summed E-state index contributed by atoms with van der Waals surface area (Å²) in [5, 5.41) is 8.96. The third-order valence-electron chi connectivity index (χ3n) is 5.79. The molecule has 0 amide bonds. The van der Waals surface area contributed by atoms with Crippen LogP contribution in [-0.4, -0.2) is 45.4 Å². The van der Waals surface area contributed by atoms with E-state index in [2.05, 4.69) is 4.74 Å². The van der Waals surface area contributed by atoms with E-state index in [1.165, 1.54) is 18.2 Å². The molecular weight excluding hydrogens is 556 g/mol. The van der Waals surface area contributed by atoms with Crippen molar-refractivity contribution in [3.8, 4) is 16.9 Å². The number of hydrogen-bond donors (Lipinski definition) is 1. The summed E-state index contributed by atoms with van der Waals surface area (Å²) in [5.74, 6) is -2.69. The quantitative estimate of drug-likeness (QED) is 0.365. The Hall–Kier alpha value is -3.78. The third kappa shape index (κ3) is 6.45. The second-order valence-electron chi connectivity index (χ2n) is 8.49. The lowest BCUT2D eigenvalue weighted by atomic mass is 9.96. The summed E-state index contributed by atoms with van der Waals surface area (Å²) in [6.07, 6.45) is -5.72. The number of sulfonamides is 1. The number of rotatable bonds is 8. The summed E-state index contributed by atoms with van der Waals surface area (Å²) in [6.45, 7) is -4.41. The molecule has 1 atom stereocenters. The minimum atomic E-state index is -4.82. The van der Waals surface area contributed by atoms with Gasteiger partial charge in [0, 0.05) is 12.5 Å². The van der Waals surface area contributed by atoms with Crippen molar-refractivity contribution in [2.45, 2.75) is 30.2 Å². The molecule has 1 N–H and O–H groups in total. The number of hydrogen-bond acceptors (Lipinski definition) is 5. The minimum Gasteiger partial charge on any atom is -0.480 e. The van der Waals surface area contributed by atoms with Crippen LogP contribution in [0.3, 0.4) is 0 Å². The van der Waals surface area contributed by atoms with Crippen LogP contribution in [0.4, 0.5) is 32.0 Å². The number of anilines is 1. The summed E-state index contributed by atoms with van der Waals surface area (Å²) in [7, 11) is -4.65. The van der Waals surface area contributed by atoms with Crippen LogP contribution in [0, 0.1) is 5.82 Å². The number of benzene rings is 3. The molecule has 0 saturated heterocycles. The van der Waals surface area contributed by atoms with Gasteiger partial charge in [0.2, 0.25) is 0 Å². The molecule has 3 aromatic rings. The van der Waals surface area contributed by atoms with Crippen molar-refractivity contribution in [1.29, 1.82) is 0 Å². The molecule has 0 radical (unpaired) electrons. The van der Waals surface area contributed by atoms with Gasteiger partial charge in [-0.1, -0.05) is 18.2 Å². The van der Waals surface area contributed by atoms with Crippen molar-refractivity contribution in [3.05, 3.63) is 77.6 Å². The first-order valence-electron chi connectivity index (χ1n) is 11.2. The molecule has 3 aromatic carbocycles. The Labute approximate surface area is 218 Å². The van der Waals surface area contributed by atoms with Gasteiger partial charge in [-0.25, -0.2) is 17.6 Å². The van der Waals surface area contributed by atoms with Crippen LogP contribution in [0.2, 0.25) is 0 Å². The van der Waals surface area contributed by atoms with Gasteiger partial charge in [-0.3, -0.25) is 4.31 Å². The summed E-state index contributed by atoms with van der Waals surface area (Å²) < 4.78 is 117. The third-order valence-corrected chi connectivity index (χ3v) is 7.57. The number of carboxylic acids is 1. The van der Waals surface area contributed by atoms with Crippen LogP contribution in [0.5, 0.6) is 5.75 Å². The fraction of sp³-hybridized carbons (Fsp3) is 0.240. The Morgan fingerprint density at radius 3 is 2.46 bits per heavy atom. The fourth-order valence-corrected chi connectivity index (χ4v) is 5.70. The van der Waals surface area contributed by atoms with Crippen molar-refractivity contribution in [2.24, 2.45) is 0 Å². The van der Waals surface area contributed by atoms with Crippen molar-refractivity contribution in [1.82, 2.24) is 0 Å². The summed E-state index contributed by atoms with van der Waals surface area (Å²) in [6, 6.07) is 10.2. The molecule has 208 valence electrons. The number of carboxylic acid groups (broad SMARTS) is 1. The molecule has 1 heterocycles. The predicted octanol–water partition coefficient (Wildman–Crippen LogP) is 5.33. The average Bonchev–Trinajstić information content (AvgIpc) is 2.85. The van der Waals surface area contributed by atoms with Crippen LogP contribution < -0.4 is 9.04 Å². The maximum absolute atomic E-state index is 14.1. The Morgan fingerprint density at radius 2 is 1.79 bits per heavy atom. The normalized spacial score (nSPS) is 15.8. The summed E-state index contributed by atoms with van der Waals surface area (Å²) in [5.41, 5.74) is -0.577. The highest BCUT2D eigenvalue weighted by molar-refractivity contribution is 7.92.